The van der Waals surface area contributed by atoms with Crippen LogP contribution in [0.15, 0.2) is 11.1 Å². The molecule has 17 heavy (non-hydrogen) atoms. The minimum absolute atomic E-state index is 0.164. The number of likely N-dealkylation sites (tertiary alicyclic amines) is 1. The molecule has 1 unspecified atom stereocenters. The van der Waals surface area contributed by atoms with Crippen LogP contribution in [0, 0.1) is 5.92 Å². The van der Waals surface area contributed by atoms with Gasteiger partial charge in [-0.15, -0.1) is 0 Å². The van der Waals surface area contributed by atoms with Gasteiger partial charge in [-0.3, -0.25) is 4.79 Å². The molecule has 94 valence electrons. The molecule has 2 rings (SSSR count). The van der Waals surface area contributed by atoms with E-state index in [1.165, 1.54) is 25.7 Å². The summed E-state index contributed by atoms with van der Waals surface area (Å²) in [6, 6.07) is 0. The lowest BCUT2D eigenvalue weighted by Gasteiger charge is -2.29. The zero-order valence-corrected chi connectivity index (χ0v) is 10.1. The number of rotatable bonds is 3. The van der Waals surface area contributed by atoms with Gasteiger partial charge in [0, 0.05) is 13.1 Å². The summed E-state index contributed by atoms with van der Waals surface area (Å²) < 4.78 is 0. The number of nitrogens with two attached hydrogens (primary N) is 1. The number of nitrogens with zero attached hydrogens (tertiary/aromatic N) is 2. The van der Waals surface area contributed by atoms with E-state index in [-0.39, 0.29) is 11.2 Å². The van der Waals surface area contributed by atoms with Crippen LogP contribution in [0.25, 0.3) is 0 Å². The Morgan fingerprint density at radius 2 is 2.53 bits per heavy atom. The third kappa shape index (κ3) is 2.97. The van der Waals surface area contributed by atoms with Crippen molar-refractivity contribution in [3.05, 3.63) is 16.7 Å². The molecule has 0 saturated carbocycles. The van der Waals surface area contributed by atoms with E-state index < -0.39 is 0 Å². The number of piperidine rings is 1. The molecule has 1 aromatic heterocycles. The van der Waals surface area contributed by atoms with Crippen molar-refractivity contribution >= 4 is 11.5 Å². The van der Waals surface area contributed by atoms with Gasteiger partial charge in [-0.25, -0.2) is 4.98 Å². The standard InChI is InChI=1S/C11H19N5O/c1-16-4-2-3-8(6-16)5-13-10-9(12)11(17)15-7-14-10/h7-8H,2-6,12H2,1H3,(H2,13,14,15,17). The lowest BCUT2D eigenvalue weighted by molar-refractivity contribution is 0.217. The fourth-order valence-corrected chi connectivity index (χ4v) is 2.23. The summed E-state index contributed by atoms with van der Waals surface area (Å²) in [7, 11) is 2.13. The van der Waals surface area contributed by atoms with E-state index >= 15 is 0 Å². The largest absolute Gasteiger partial charge is 0.391 e. The van der Waals surface area contributed by atoms with Crippen LogP contribution in [0.3, 0.4) is 0 Å². The normalized spacial score (nSPS) is 21.4. The molecule has 1 atom stereocenters. The number of aromatic nitrogens is 2. The molecule has 1 fully saturated rings. The van der Waals surface area contributed by atoms with Gasteiger partial charge in [0.2, 0.25) is 0 Å². The Balaban J connectivity index is 1.93. The average molecular weight is 237 g/mol. The van der Waals surface area contributed by atoms with Crippen molar-refractivity contribution in [2.24, 2.45) is 5.92 Å². The fourth-order valence-electron chi connectivity index (χ4n) is 2.23. The maximum absolute atomic E-state index is 11.3. The number of nitrogen functional groups attached to an aromatic ring is 1. The molecule has 0 aliphatic carbocycles. The van der Waals surface area contributed by atoms with Gasteiger partial charge in [-0.05, 0) is 32.4 Å². The molecule has 1 saturated heterocycles. The SMILES string of the molecule is CN1CCCC(CNc2nc[nH]c(=O)c2N)C1. The molecule has 0 radical (unpaired) electrons. The van der Waals surface area contributed by atoms with Crippen molar-refractivity contribution in [2.45, 2.75) is 12.8 Å². The summed E-state index contributed by atoms with van der Waals surface area (Å²) in [5.41, 5.74) is 5.52. The van der Waals surface area contributed by atoms with Gasteiger partial charge >= 0.3 is 0 Å². The molecule has 6 heteroatoms. The van der Waals surface area contributed by atoms with Crippen LogP contribution in [0.4, 0.5) is 11.5 Å². The molecule has 1 aromatic rings. The van der Waals surface area contributed by atoms with E-state index in [1.54, 1.807) is 0 Å². The van der Waals surface area contributed by atoms with Crippen molar-refractivity contribution < 1.29 is 0 Å². The summed E-state index contributed by atoms with van der Waals surface area (Å²) >= 11 is 0. The second-order valence-electron chi connectivity index (χ2n) is 4.65. The Morgan fingerprint density at radius 1 is 1.71 bits per heavy atom. The van der Waals surface area contributed by atoms with E-state index in [4.69, 9.17) is 5.73 Å². The number of aromatic amines is 1. The van der Waals surface area contributed by atoms with Gasteiger partial charge in [0.05, 0.1) is 6.33 Å². The Kier molecular flexibility index (Phi) is 3.63. The highest BCUT2D eigenvalue weighted by molar-refractivity contribution is 5.58. The predicted octanol–water partition coefficient (Wildman–Crippen LogP) is 0.106. The van der Waals surface area contributed by atoms with Crippen molar-refractivity contribution in [1.29, 1.82) is 0 Å². The highest BCUT2D eigenvalue weighted by Crippen LogP contribution is 2.16. The number of anilines is 2. The van der Waals surface area contributed by atoms with Gasteiger partial charge in [0.25, 0.3) is 5.56 Å². The van der Waals surface area contributed by atoms with Crippen LogP contribution < -0.4 is 16.6 Å². The molecular formula is C11H19N5O. The number of hydrogen-bond donors (Lipinski definition) is 3. The summed E-state index contributed by atoms with van der Waals surface area (Å²) in [5.74, 6) is 1.08. The Hall–Kier alpha value is -1.56. The molecule has 0 spiro atoms. The molecule has 4 N–H and O–H groups in total. The van der Waals surface area contributed by atoms with Gasteiger partial charge in [0.1, 0.15) is 5.69 Å². The van der Waals surface area contributed by atoms with Crippen molar-refractivity contribution in [1.82, 2.24) is 14.9 Å². The molecule has 6 nitrogen and oxygen atoms in total. The summed E-state index contributed by atoms with van der Waals surface area (Å²) in [6.45, 7) is 3.06. The van der Waals surface area contributed by atoms with E-state index in [2.05, 4.69) is 27.2 Å². The first-order valence-corrected chi connectivity index (χ1v) is 5.92. The zero-order chi connectivity index (χ0) is 12.3. The molecule has 1 aliphatic rings. The van der Waals surface area contributed by atoms with E-state index in [1.807, 2.05) is 0 Å². The quantitative estimate of drug-likeness (QED) is 0.694. The Bertz CT molecular complexity index is 430. The van der Waals surface area contributed by atoms with Crippen molar-refractivity contribution in [2.75, 3.05) is 37.7 Å². The lowest BCUT2D eigenvalue weighted by Crippen LogP contribution is -2.35. The van der Waals surface area contributed by atoms with Crippen LogP contribution in [-0.4, -0.2) is 41.5 Å². The van der Waals surface area contributed by atoms with Crippen LogP contribution in [0.1, 0.15) is 12.8 Å². The third-order valence-electron chi connectivity index (χ3n) is 3.17. The lowest BCUT2D eigenvalue weighted by atomic mass is 9.98. The summed E-state index contributed by atoms with van der Waals surface area (Å²) in [6.07, 6.45) is 3.80. The fraction of sp³-hybridized carbons (Fsp3) is 0.636. The molecule has 0 aromatic carbocycles. The monoisotopic (exact) mass is 237 g/mol. The van der Waals surface area contributed by atoms with Gasteiger partial charge < -0.3 is 20.9 Å². The maximum atomic E-state index is 11.3. The Labute approximate surface area is 100 Å². The zero-order valence-electron chi connectivity index (χ0n) is 10.1. The van der Waals surface area contributed by atoms with Crippen molar-refractivity contribution in [3.63, 3.8) is 0 Å². The van der Waals surface area contributed by atoms with Crippen LogP contribution >= 0.6 is 0 Å². The number of H-pyrrole nitrogens is 1. The van der Waals surface area contributed by atoms with Gasteiger partial charge in [0.15, 0.2) is 5.82 Å². The molecule has 2 heterocycles. The first-order chi connectivity index (χ1) is 8.16. The van der Waals surface area contributed by atoms with Gasteiger partial charge in [-0.1, -0.05) is 0 Å². The van der Waals surface area contributed by atoms with Crippen molar-refractivity contribution in [3.8, 4) is 0 Å². The van der Waals surface area contributed by atoms with E-state index in [0.29, 0.717) is 11.7 Å². The number of hydrogen-bond acceptors (Lipinski definition) is 5. The highest BCUT2D eigenvalue weighted by atomic mass is 16.1. The van der Waals surface area contributed by atoms with E-state index in [0.717, 1.165) is 13.1 Å². The second kappa shape index (κ2) is 5.18. The first kappa shape index (κ1) is 11.9. The van der Waals surface area contributed by atoms with Crippen LogP contribution in [-0.2, 0) is 0 Å². The van der Waals surface area contributed by atoms with E-state index in [9.17, 15) is 4.79 Å². The Morgan fingerprint density at radius 3 is 3.29 bits per heavy atom. The van der Waals surface area contributed by atoms with Gasteiger partial charge in [-0.2, -0.15) is 0 Å². The third-order valence-corrected chi connectivity index (χ3v) is 3.17. The van der Waals surface area contributed by atoms with Crippen LogP contribution in [0.5, 0.6) is 0 Å². The summed E-state index contributed by atoms with van der Waals surface area (Å²) in [5, 5.41) is 3.16. The molecule has 0 amide bonds. The highest BCUT2D eigenvalue weighted by Gasteiger charge is 2.17. The number of nitrogens with one attached hydrogen (secondary N) is 2. The average Bonchev–Trinajstić information content (AvgIpc) is 2.31. The first-order valence-electron chi connectivity index (χ1n) is 5.92. The summed E-state index contributed by atoms with van der Waals surface area (Å²) in [4.78, 5) is 20.1. The smallest absolute Gasteiger partial charge is 0.276 e. The molecular weight excluding hydrogens is 218 g/mol. The molecule has 0 bridgehead atoms. The minimum Gasteiger partial charge on any atom is -0.391 e. The topological polar surface area (TPSA) is 87.0 Å². The predicted molar refractivity (Wildman–Crippen MR) is 68.0 cm³/mol. The second-order valence-corrected chi connectivity index (χ2v) is 4.65. The molecule has 1 aliphatic heterocycles. The minimum atomic E-state index is -0.289. The maximum Gasteiger partial charge on any atom is 0.276 e. The van der Waals surface area contributed by atoms with Crippen LogP contribution in [0.2, 0.25) is 0 Å².